The van der Waals surface area contributed by atoms with Crippen molar-refractivity contribution in [2.45, 2.75) is 5.92 Å². The van der Waals surface area contributed by atoms with E-state index in [1.165, 1.54) is 34.4 Å². The molecule has 206 valence electrons. The number of nitrogens with zero attached hydrogens (tertiary/aromatic N) is 2. The largest absolute Gasteiger partial charge is 0.497 e. The number of para-hydroxylation sites is 1. The number of nitrogens with two attached hydrogens (primary N) is 1. The number of fused-ring (bicyclic) bond motifs is 2. The fourth-order valence-corrected chi connectivity index (χ4v) is 7.21. The molecule has 3 aromatic carbocycles. The minimum Gasteiger partial charge on any atom is -0.497 e. The second-order valence-electron chi connectivity index (χ2n) is 9.23. The van der Waals surface area contributed by atoms with Gasteiger partial charge in [0.1, 0.15) is 27.0 Å². The second-order valence-corrected chi connectivity index (χ2v) is 11.3. The number of benzene rings is 3. The molecule has 1 aliphatic heterocycles. The molecule has 0 unspecified atom stereocenters. The first-order valence-corrected chi connectivity index (χ1v) is 14.3. The van der Waals surface area contributed by atoms with Crippen molar-refractivity contribution in [2.24, 2.45) is 5.73 Å². The smallest absolute Gasteiger partial charge is 0.337 e. The van der Waals surface area contributed by atoms with Gasteiger partial charge >= 0.3 is 5.97 Å². The summed E-state index contributed by atoms with van der Waals surface area (Å²) in [6.07, 6.45) is 1.76. The molecule has 5 aromatic rings. The predicted molar refractivity (Wildman–Crippen MR) is 162 cm³/mol. The lowest BCUT2D eigenvalue weighted by atomic mass is 9.83. The summed E-state index contributed by atoms with van der Waals surface area (Å²) >= 11 is 2.64. The molecule has 41 heavy (non-hydrogen) atoms. The van der Waals surface area contributed by atoms with Crippen LogP contribution in [0.1, 0.15) is 22.1 Å². The number of carbonyl (C=O) groups is 1. The number of thiazole rings is 2. The van der Waals surface area contributed by atoms with Crippen LogP contribution in [-0.4, -0.2) is 36.8 Å². The lowest BCUT2D eigenvalue weighted by Gasteiger charge is -2.27. The van der Waals surface area contributed by atoms with Crippen molar-refractivity contribution in [1.82, 2.24) is 9.55 Å². The molecule has 0 amide bonds. The molecule has 2 N–H and O–H groups in total. The summed E-state index contributed by atoms with van der Waals surface area (Å²) in [5, 5.41) is 0.611. The molecule has 1 atom stereocenters. The normalized spacial score (nSPS) is 15.2. The SMILES string of the molecule is COC(=O)C1=c2sc(=Cc3cccc(OC)c3)c(=O)n2C(N)=C(c2nc3ccccc3s2)[C@@H]1c1cccc(OC)c1. The van der Waals surface area contributed by atoms with E-state index < -0.39 is 11.9 Å². The van der Waals surface area contributed by atoms with Crippen LogP contribution < -0.4 is 30.0 Å². The van der Waals surface area contributed by atoms with Crippen molar-refractivity contribution in [1.29, 1.82) is 0 Å². The number of carbonyl (C=O) groups excluding carboxylic acids is 1. The summed E-state index contributed by atoms with van der Waals surface area (Å²) in [4.78, 5) is 32.4. The third-order valence-electron chi connectivity index (χ3n) is 6.90. The molecule has 0 fully saturated rings. The van der Waals surface area contributed by atoms with Crippen molar-refractivity contribution >= 4 is 61.9 Å². The van der Waals surface area contributed by atoms with Crippen LogP contribution in [0.2, 0.25) is 0 Å². The minimum absolute atomic E-state index is 0.214. The van der Waals surface area contributed by atoms with Crippen LogP contribution in [0, 0.1) is 0 Å². The van der Waals surface area contributed by atoms with Gasteiger partial charge in [-0.05, 0) is 53.6 Å². The van der Waals surface area contributed by atoms with E-state index in [1.54, 1.807) is 20.3 Å². The molecule has 1 aliphatic rings. The maximum absolute atomic E-state index is 13.9. The maximum Gasteiger partial charge on any atom is 0.337 e. The van der Waals surface area contributed by atoms with Crippen molar-refractivity contribution in [3.63, 3.8) is 0 Å². The first-order chi connectivity index (χ1) is 19.9. The van der Waals surface area contributed by atoms with Gasteiger partial charge in [0.05, 0.1) is 47.6 Å². The number of hydrogen-bond donors (Lipinski definition) is 1. The highest BCUT2D eigenvalue weighted by Gasteiger charge is 2.38. The standard InChI is InChI=1S/C31H25N3O5S2/c1-37-19-10-6-8-17(14-19)15-23-29(35)34-27(32)25(28-33-21-12-4-5-13-22(21)40-28)24(18-9-7-11-20(16-18)38-2)26(30(34)41-23)31(36)39-3/h4-16,24H,32H2,1-3H3/t24-/m0/s1. The Morgan fingerprint density at radius 3 is 2.41 bits per heavy atom. The summed E-state index contributed by atoms with van der Waals surface area (Å²) in [6.45, 7) is 0. The van der Waals surface area contributed by atoms with Gasteiger partial charge in [0.2, 0.25) is 0 Å². The molecule has 3 heterocycles. The Bertz CT molecular complexity index is 2000. The van der Waals surface area contributed by atoms with Crippen LogP contribution >= 0.6 is 22.7 Å². The van der Waals surface area contributed by atoms with Gasteiger partial charge in [0.15, 0.2) is 0 Å². The zero-order valence-electron chi connectivity index (χ0n) is 22.4. The summed E-state index contributed by atoms with van der Waals surface area (Å²) in [7, 11) is 4.50. The van der Waals surface area contributed by atoms with Crippen LogP contribution in [0.4, 0.5) is 0 Å². The molecule has 0 spiro atoms. The van der Waals surface area contributed by atoms with Crippen LogP contribution in [0.15, 0.2) is 77.6 Å². The first-order valence-electron chi connectivity index (χ1n) is 12.6. The average Bonchev–Trinajstić information content (AvgIpc) is 3.57. The summed E-state index contributed by atoms with van der Waals surface area (Å²) in [6, 6.07) is 22.6. The van der Waals surface area contributed by atoms with Crippen LogP contribution in [0.3, 0.4) is 0 Å². The van der Waals surface area contributed by atoms with Crippen LogP contribution in [-0.2, 0) is 9.53 Å². The van der Waals surface area contributed by atoms with Crippen molar-refractivity contribution in [3.05, 3.63) is 108 Å². The Labute approximate surface area is 242 Å². The quantitative estimate of drug-likeness (QED) is 0.304. The number of esters is 1. The number of methoxy groups -OCH3 is 3. The maximum atomic E-state index is 13.9. The third-order valence-corrected chi connectivity index (χ3v) is 9.07. The number of ether oxygens (including phenoxy) is 3. The zero-order chi connectivity index (χ0) is 28.7. The number of aromatic nitrogens is 2. The minimum atomic E-state index is -0.666. The Morgan fingerprint density at radius 1 is 0.951 bits per heavy atom. The highest BCUT2D eigenvalue weighted by Crippen LogP contribution is 2.45. The van der Waals surface area contributed by atoms with E-state index in [2.05, 4.69) is 0 Å². The molecule has 10 heteroatoms. The highest BCUT2D eigenvalue weighted by atomic mass is 32.1. The number of allylic oxidation sites excluding steroid dienone is 1. The van der Waals surface area contributed by atoms with Gasteiger partial charge in [-0.3, -0.25) is 9.36 Å². The third kappa shape index (κ3) is 4.60. The fraction of sp³-hybridized carbons (Fsp3) is 0.129. The van der Waals surface area contributed by atoms with Gasteiger partial charge in [-0.15, -0.1) is 22.7 Å². The average molecular weight is 584 g/mol. The number of rotatable bonds is 6. The molecule has 0 radical (unpaired) electrons. The Hall–Kier alpha value is -4.67. The topological polar surface area (TPSA) is 106 Å². The zero-order valence-corrected chi connectivity index (χ0v) is 24.0. The molecule has 0 bridgehead atoms. The lowest BCUT2D eigenvalue weighted by Crippen LogP contribution is -2.39. The molecule has 0 aliphatic carbocycles. The molecule has 8 nitrogen and oxygen atoms in total. The lowest BCUT2D eigenvalue weighted by molar-refractivity contribution is -0.134. The van der Waals surface area contributed by atoms with Gasteiger partial charge in [0.25, 0.3) is 5.56 Å². The predicted octanol–water partition coefficient (Wildman–Crippen LogP) is 3.77. The van der Waals surface area contributed by atoms with Gasteiger partial charge in [0, 0.05) is 5.57 Å². The molecule has 0 saturated carbocycles. The van der Waals surface area contributed by atoms with Crippen LogP contribution in [0.25, 0.3) is 33.3 Å². The van der Waals surface area contributed by atoms with E-state index in [1.807, 2.05) is 72.8 Å². The van der Waals surface area contributed by atoms with E-state index in [4.69, 9.17) is 24.9 Å². The van der Waals surface area contributed by atoms with Gasteiger partial charge in [-0.2, -0.15) is 0 Å². The summed E-state index contributed by atoms with van der Waals surface area (Å²) < 4.78 is 19.3. The van der Waals surface area contributed by atoms with Gasteiger partial charge in [-0.1, -0.05) is 36.4 Å². The van der Waals surface area contributed by atoms with E-state index in [9.17, 15) is 9.59 Å². The van der Waals surface area contributed by atoms with Crippen LogP contribution in [0.5, 0.6) is 11.5 Å². The molecule has 0 saturated heterocycles. The molecule has 2 aromatic heterocycles. The Balaban J connectivity index is 1.71. The second kappa shape index (κ2) is 10.7. The summed E-state index contributed by atoms with van der Waals surface area (Å²) in [5.74, 6) is 0.270. The number of hydrogen-bond acceptors (Lipinski definition) is 9. The molecular weight excluding hydrogens is 558 g/mol. The van der Waals surface area contributed by atoms with Crippen molar-refractivity contribution in [3.8, 4) is 11.5 Å². The molecular formula is C31H25N3O5S2. The van der Waals surface area contributed by atoms with E-state index in [0.717, 1.165) is 21.3 Å². The van der Waals surface area contributed by atoms with Crippen molar-refractivity contribution in [2.75, 3.05) is 21.3 Å². The molecule has 6 rings (SSSR count). The van der Waals surface area contributed by atoms with E-state index in [0.29, 0.717) is 36.8 Å². The van der Waals surface area contributed by atoms with E-state index >= 15 is 0 Å². The van der Waals surface area contributed by atoms with Gasteiger partial charge < -0.3 is 19.9 Å². The van der Waals surface area contributed by atoms with Gasteiger partial charge in [-0.25, -0.2) is 9.78 Å². The Morgan fingerprint density at radius 2 is 1.68 bits per heavy atom. The van der Waals surface area contributed by atoms with Crippen molar-refractivity contribution < 1.29 is 19.0 Å². The highest BCUT2D eigenvalue weighted by molar-refractivity contribution is 7.19. The fourth-order valence-electron chi connectivity index (χ4n) is 4.99. The monoisotopic (exact) mass is 583 g/mol. The Kier molecular flexibility index (Phi) is 6.94. The van der Waals surface area contributed by atoms with E-state index in [-0.39, 0.29) is 11.4 Å². The summed E-state index contributed by atoms with van der Waals surface area (Å²) in [5.41, 5.74) is 9.74. The first kappa shape index (κ1) is 26.5.